The molecule has 0 aliphatic rings. The minimum absolute atomic E-state index is 0.165. The van der Waals surface area contributed by atoms with E-state index in [9.17, 15) is 9.18 Å². The number of nitrogens with one attached hydrogen (secondary N) is 1. The number of anilines is 1. The van der Waals surface area contributed by atoms with Gasteiger partial charge in [-0.3, -0.25) is 4.79 Å². The van der Waals surface area contributed by atoms with Crippen molar-refractivity contribution in [2.45, 2.75) is 32.6 Å². The summed E-state index contributed by atoms with van der Waals surface area (Å²) in [5.41, 5.74) is 5.73. The minimum Gasteiger partial charge on any atom is -0.330 e. The first-order valence-electron chi connectivity index (χ1n) is 6.52. The monoisotopic (exact) mass is 330 g/mol. The third-order valence-electron chi connectivity index (χ3n) is 3.16. The lowest BCUT2D eigenvalue weighted by molar-refractivity contribution is -0.116. The SMILES string of the molecule is CCC(CCN)CCC(=O)Nc1c(F)cccc1Br. The van der Waals surface area contributed by atoms with E-state index < -0.39 is 5.82 Å². The Morgan fingerprint density at radius 3 is 2.79 bits per heavy atom. The first-order valence-corrected chi connectivity index (χ1v) is 7.31. The van der Waals surface area contributed by atoms with Crippen LogP contribution in [-0.2, 0) is 4.79 Å². The summed E-state index contributed by atoms with van der Waals surface area (Å²) < 4.78 is 14.1. The molecule has 0 bridgehead atoms. The van der Waals surface area contributed by atoms with Crippen molar-refractivity contribution >= 4 is 27.5 Å². The zero-order valence-corrected chi connectivity index (χ0v) is 12.7. The quantitative estimate of drug-likeness (QED) is 0.801. The molecule has 1 atom stereocenters. The van der Waals surface area contributed by atoms with Crippen LogP contribution in [0, 0.1) is 11.7 Å². The van der Waals surface area contributed by atoms with Gasteiger partial charge in [0.1, 0.15) is 5.82 Å². The van der Waals surface area contributed by atoms with Crippen molar-refractivity contribution in [1.82, 2.24) is 0 Å². The van der Waals surface area contributed by atoms with Gasteiger partial charge in [-0.1, -0.05) is 19.4 Å². The summed E-state index contributed by atoms with van der Waals surface area (Å²) in [5.74, 6) is -0.141. The highest BCUT2D eigenvalue weighted by molar-refractivity contribution is 9.10. The first-order chi connectivity index (χ1) is 9.08. The molecule has 0 saturated heterocycles. The molecule has 1 unspecified atom stereocenters. The fourth-order valence-electron chi connectivity index (χ4n) is 1.94. The highest BCUT2D eigenvalue weighted by Gasteiger charge is 2.12. The van der Waals surface area contributed by atoms with Crippen molar-refractivity contribution in [3.63, 3.8) is 0 Å². The van der Waals surface area contributed by atoms with E-state index in [0.29, 0.717) is 23.4 Å². The van der Waals surface area contributed by atoms with Gasteiger partial charge in [-0.05, 0) is 53.4 Å². The van der Waals surface area contributed by atoms with E-state index in [1.807, 2.05) is 0 Å². The molecular formula is C14H20BrFN2O. The van der Waals surface area contributed by atoms with Gasteiger partial charge < -0.3 is 11.1 Å². The zero-order valence-electron chi connectivity index (χ0n) is 11.1. The van der Waals surface area contributed by atoms with Crippen molar-refractivity contribution in [2.75, 3.05) is 11.9 Å². The van der Waals surface area contributed by atoms with Crippen LogP contribution in [0.2, 0.25) is 0 Å². The lowest BCUT2D eigenvalue weighted by Gasteiger charge is -2.13. The molecule has 0 aliphatic carbocycles. The van der Waals surface area contributed by atoms with Gasteiger partial charge in [0.05, 0.1) is 5.69 Å². The van der Waals surface area contributed by atoms with Crippen LogP contribution in [0.15, 0.2) is 22.7 Å². The number of amides is 1. The standard InChI is InChI=1S/C14H20BrFN2O/c1-2-10(8-9-17)6-7-13(19)18-14-11(15)4-3-5-12(14)16/h3-5,10H,2,6-9,17H2,1H3,(H,18,19). The number of carbonyl (C=O) groups excluding carboxylic acids is 1. The van der Waals surface area contributed by atoms with Crippen molar-refractivity contribution in [3.8, 4) is 0 Å². The van der Waals surface area contributed by atoms with Gasteiger partial charge in [0, 0.05) is 10.9 Å². The van der Waals surface area contributed by atoms with Crippen LogP contribution in [0.5, 0.6) is 0 Å². The fourth-order valence-corrected chi connectivity index (χ4v) is 2.38. The van der Waals surface area contributed by atoms with Gasteiger partial charge >= 0.3 is 0 Å². The van der Waals surface area contributed by atoms with Crippen LogP contribution >= 0.6 is 15.9 Å². The summed E-state index contributed by atoms with van der Waals surface area (Å²) in [7, 11) is 0. The van der Waals surface area contributed by atoms with Crippen molar-refractivity contribution in [3.05, 3.63) is 28.5 Å². The van der Waals surface area contributed by atoms with Gasteiger partial charge in [-0.2, -0.15) is 0 Å². The Balaban J connectivity index is 2.51. The largest absolute Gasteiger partial charge is 0.330 e. The highest BCUT2D eigenvalue weighted by atomic mass is 79.9. The lowest BCUT2D eigenvalue weighted by atomic mass is 9.96. The predicted octanol–water partition coefficient (Wildman–Crippen LogP) is 3.68. The second-order valence-corrected chi connectivity index (χ2v) is 5.39. The third kappa shape index (κ3) is 5.28. The summed E-state index contributed by atoms with van der Waals surface area (Å²) in [5, 5.41) is 2.61. The number of hydrogen-bond acceptors (Lipinski definition) is 2. The molecule has 0 saturated carbocycles. The number of rotatable bonds is 7. The second-order valence-electron chi connectivity index (χ2n) is 4.54. The molecule has 0 aromatic heterocycles. The van der Waals surface area contributed by atoms with E-state index in [1.54, 1.807) is 12.1 Å². The molecule has 0 spiro atoms. The molecule has 1 aromatic carbocycles. The van der Waals surface area contributed by atoms with Crippen LogP contribution in [0.25, 0.3) is 0 Å². The predicted molar refractivity (Wildman–Crippen MR) is 79.4 cm³/mol. The second kappa shape index (κ2) is 8.27. The maximum Gasteiger partial charge on any atom is 0.224 e. The average Bonchev–Trinajstić information content (AvgIpc) is 2.39. The molecule has 1 rings (SSSR count). The lowest BCUT2D eigenvalue weighted by Crippen LogP contribution is -2.16. The fraction of sp³-hybridized carbons (Fsp3) is 0.500. The molecule has 3 N–H and O–H groups in total. The normalized spacial score (nSPS) is 12.2. The summed E-state index contributed by atoms with van der Waals surface area (Å²) in [6.07, 6.45) is 3.10. The van der Waals surface area contributed by atoms with Crippen molar-refractivity contribution in [1.29, 1.82) is 0 Å². The van der Waals surface area contributed by atoms with Gasteiger partial charge in [-0.15, -0.1) is 0 Å². The van der Waals surface area contributed by atoms with E-state index in [-0.39, 0.29) is 11.6 Å². The van der Waals surface area contributed by atoms with Gasteiger partial charge in [0.15, 0.2) is 0 Å². The number of halogens is 2. The topological polar surface area (TPSA) is 55.1 Å². The van der Waals surface area contributed by atoms with Crippen LogP contribution in [0.3, 0.4) is 0 Å². The maximum atomic E-state index is 13.5. The number of para-hydroxylation sites is 1. The molecule has 3 nitrogen and oxygen atoms in total. The highest BCUT2D eigenvalue weighted by Crippen LogP contribution is 2.25. The van der Waals surface area contributed by atoms with Crippen LogP contribution in [0.1, 0.15) is 32.6 Å². The zero-order chi connectivity index (χ0) is 14.3. The van der Waals surface area contributed by atoms with E-state index in [4.69, 9.17) is 5.73 Å². The van der Waals surface area contributed by atoms with Gasteiger partial charge in [-0.25, -0.2) is 4.39 Å². The molecule has 0 radical (unpaired) electrons. The Hall–Kier alpha value is -0.940. The smallest absolute Gasteiger partial charge is 0.224 e. The summed E-state index contributed by atoms with van der Waals surface area (Å²) in [4.78, 5) is 11.8. The maximum absolute atomic E-state index is 13.5. The van der Waals surface area contributed by atoms with Crippen molar-refractivity contribution in [2.24, 2.45) is 11.7 Å². The van der Waals surface area contributed by atoms with Crippen molar-refractivity contribution < 1.29 is 9.18 Å². The molecule has 0 heterocycles. The number of carbonyl (C=O) groups is 1. The molecular weight excluding hydrogens is 311 g/mol. The average molecular weight is 331 g/mol. The van der Waals surface area contributed by atoms with Gasteiger partial charge in [0.2, 0.25) is 5.91 Å². The van der Waals surface area contributed by atoms with E-state index in [2.05, 4.69) is 28.2 Å². The first kappa shape index (κ1) is 16.1. The molecule has 1 aromatic rings. The Morgan fingerprint density at radius 2 is 2.21 bits per heavy atom. The number of nitrogens with two attached hydrogens (primary N) is 1. The van der Waals surface area contributed by atoms with Crippen LogP contribution < -0.4 is 11.1 Å². The number of benzene rings is 1. The number of hydrogen-bond donors (Lipinski definition) is 2. The Kier molecular flexibility index (Phi) is 7.02. The summed E-state index contributed by atoms with van der Waals surface area (Å²) in [6.45, 7) is 2.73. The molecule has 0 aliphatic heterocycles. The molecule has 19 heavy (non-hydrogen) atoms. The van der Waals surface area contributed by atoms with Crippen LogP contribution in [-0.4, -0.2) is 12.5 Å². The van der Waals surface area contributed by atoms with Crippen LogP contribution in [0.4, 0.5) is 10.1 Å². The summed E-state index contributed by atoms with van der Waals surface area (Å²) >= 11 is 3.22. The van der Waals surface area contributed by atoms with Gasteiger partial charge in [0.25, 0.3) is 0 Å². The molecule has 106 valence electrons. The molecule has 1 amide bonds. The van der Waals surface area contributed by atoms with E-state index in [1.165, 1.54) is 6.07 Å². The van der Waals surface area contributed by atoms with E-state index >= 15 is 0 Å². The summed E-state index contributed by atoms with van der Waals surface area (Å²) in [6, 6.07) is 4.61. The minimum atomic E-state index is -0.434. The van der Waals surface area contributed by atoms with E-state index in [0.717, 1.165) is 19.3 Å². The Bertz CT molecular complexity index is 406. The molecule has 5 heteroatoms. The molecule has 0 fully saturated rings. The Labute approximate surface area is 121 Å². The third-order valence-corrected chi connectivity index (χ3v) is 3.82. The Morgan fingerprint density at radius 1 is 1.47 bits per heavy atom.